The van der Waals surface area contributed by atoms with Gasteiger partial charge in [0.25, 0.3) is 0 Å². The third kappa shape index (κ3) is 4.82. The lowest BCUT2D eigenvalue weighted by Crippen LogP contribution is -2.51. The molecule has 0 radical (unpaired) electrons. The molecule has 4 unspecified atom stereocenters. The Morgan fingerprint density at radius 3 is 2.70 bits per heavy atom. The van der Waals surface area contributed by atoms with Gasteiger partial charge in [-0.15, -0.1) is 0 Å². The van der Waals surface area contributed by atoms with Crippen LogP contribution in [-0.2, 0) is 19.1 Å². The van der Waals surface area contributed by atoms with Gasteiger partial charge in [-0.05, 0) is 42.6 Å². The fourth-order valence-corrected chi connectivity index (χ4v) is 5.37. The Labute approximate surface area is 180 Å². The molecule has 1 fully saturated rings. The van der Waals surface area contributed by atoms with Crippen LogP contribution < -0.4 is 0 Å². The van der Waals surface area contributed by atoms with Gasteiger partial charge in [0, 0.05) is 24.2 Å². The van der Waals surface area contributed by atoms with Crippen LogP contribution in [0.2, 0.25) is 0 Å². The number of cyclic esters (lactones) is 1. The van der Waals surface area contributed by atoms with E-state index in [4.69, 9.17) is 9.47 Å². The van der Waals surface area contributed by atoms with Crippen molar-refractivity contribution in [3.63, 3.8) is 0 Å². The summed E-state index contributed by atoms with van der Waals surface area (Å²) in [5.74, 6) is 0.653. The number of hydrogen-bond donors (Lipinski definition) is 1. The highest BCUT2D eigenvalue weighted by Gasteiger charge is 2.50. The van der Waals surface area contributed by atoms with Gasteiger partial charge in [-0.3, -0.25) is 9.59 Å². The number of carbonyl (C=O) groups is 2. The molecule has 0 amide bonds. The molecule has 5 nitrogen and oxygen atoms in total. The molecule has 168 valence electrons. The fraction of sp³-hybridized carbons (Fsp3) is 0.760. The van der Waals surface area contributed by atoms with Gasteiger partial charge >= 0.3 is 11.9 Å². The van der Waals surface area contributed by atoms with Crippen LogP contribution in [-0.4, -0.2) is 35.4 Å². The van der Waals surface area contributed by atoms with Gasteiger partial charge in [0.05, 0.1) is 12.5 Å². The summed E-state index contributed by atoms with van der Waals surface area (Å²) in [5, 5.41) is 9.94. The Balaban J connectivity index is 1.83. The molecule has 0 bridgehead atoms. The Morgan fingerprint density at radius 1 is 1.30 bits per heavy atom. The van der Waals surface area contributed by atoms with Crippen LogP contribution in [0.4, 0.5) is 0 Å². The summed E-state index contributed by atoms with van der Waals surface area (Å²) in [6.07, 6.45) is 9.21. The second-order valence-corrected chi connectivity index (χ2v) is 10.1. The van der Waals surface area contributed by atoms with Crippen LogP contribution >= 0.6 is 0 Å². The smallest absolute Gasteiger partial charge is 0.308 e. The van der Waals surface area contributed by atoms with Gasteiger partial charge in [0.15, 0.2) is 0 Å². The van der Waals surface area contributed by atoms with Crippen LogP contribution in [0.1, 0.15) is 73.1 Å². The maximum atomic E-state index is 12.5. The standard InChI is InChI=1S/C25H38O5/c1-6-7-21(27)30-24-23-17(12-16(3)25(24,4)5)9-8-15(2)20(23)11-10-19-13-18(26)14-22(28)29-19/h8-9,12,15-16,18-20,23-24,26H,6-7,10-11,13-14H2,1-5H3/t15?,16?,18-,19-,20?,23+,24?/m1/s1. The number of allylic oxidation sites excluding steroid dienone is 3. The number of esters is 2. The SMILES string of the molecule is CCCC(=O)OC1[C@H]2C(=CC(C)C1(C)C)C=CC(C)C2CC[C@@H]1C[C@@H](O)CC(=O)O1. The van der Waals surface area contributed by atoms with Crippen LogP contribution in [0.5, 0.6) is 0 Å². The van der Waals surface area contributed by atoms with Crippen LogP contribution in [0, 0.1) is 29.1 Å². The zero-order valence-corrected chi connectivity index (χ0v) is 19.1. The summed E-state index contributed by atoms with van der Waals surface area (Å²) in [4.78, 5) is 24.2. The van der Waals surface area contributed by atoms with Gasteiger partial charge in [-0.25, -0.2) is 0 Å². The second-order valence-electron chi connectivity index (χ2n) is 10.1. The van der Waals surface area contributed by atoms with Gasteiger partial charge in [0.1, 0.15) is 12.2 Å². The van der Waals surface area contributed by atoms with Crippen molar-refractivity contribution in [1.82, 2.24) is 0 Å². The normalized spacial score (nSPS) is 37.7. The molecule has 3 aliphatic rings. The maximum absolute atomic E-state index is 12.5. The largest absolute Gasteiger partial charge is 0.462 e. The first kappa shape index (κ1) is 23.1. The van der Waals surface area contributed by atoms with Crippen LogP contribution in [0.3, 0.4) is 0 Å². The van der Waals surface area contributed by atoms with Gasteiger partial charge < -0.3 is 14.6 Å². The molecule has 1 N–H and O–H groups in total. The monoisotopic (exact) mass is 418 g/mol. The molecule has 0 aromatic rings. The first-order chi connectivity index (χ1) is 14.1. The average Bonchev–Trinajstić information content (AvgIpc) is 2.65. The van der Waals surface area contributed by atoms with Crippen LogP contribution in [0.15, 0.2) is 23.8 Å². The van der Waals surface area contributed by atoms with E-state index in [0.717, 1.165) is 19.3 Å². The highest BCUT2D eigenvalue weighted by molar-refractivity contribution is 5.71. The zero-order chi connectivity index (χ0) is 22.1. The van der Waals surface area contributed by atoms with E-state index in [9.17, 15) is 14.7 Å². The van der Waals surface area contributed by atoms with E-state index >= 15 is 0 Å². The summed E-state index contributed by atoms with van der Waals surface area (Å²) >= 11 is 0. The van der Waals surface area contributed by atoms with E-state index in [0.29, 0.717) is 30.6 Å². The predicted molar refractivity (Wildman–Crippen MR) is 115 cm³/mol. The quantitative estimate of drug-likeness (QED) is 0.639. The Bertz CT molecular complexity index is 706. The van der Waals surface area contributed by atoms with E-state index < -0.39 is 6.10 Å². The molecule has 3 rings (SSSR count). The van der Waals surface area contributed by atoms with Crippen molar-refractivity contribution in [3.8, 4) is 0 Å². The molecule has 5 heteroatoms. The van der Waals surface area contributed by atoms with Gasteiger partial charge in [-0.1, -0.05) is 52.8 Å². The topological polar surface area (TPSA) is 72.8 Å². The lowest BCUT2D eigenvalue weighted by atomic mass is 9.57. The second kappa shape index (κ2) is 9.25. The highest BCUT2D eigenvalue weighted by atomic mass is 16.6. The maximum Gasteiger partial charge on any atom is 0.308 e. The molecular weight excluding hydrogens is 380 g/mol. The van der Waals surface area contributed by atoms with Crippen molar-refractivity contribution < 1.29 is 24.2 Å². The lowest BCUT2D eigenvalue weighted by Gasteiger charge is -2.51. The van der Waals surface area contributed by atoms with Crippen molar-refractivity contribution in [1.29, 1.82) is 0 Å². The molecule has 2 aliphatic carbocycles. The lowest BCUT2D eigenvalue weighted by molar-refractivity contribution is -0.166. The molecule has 7 atom stereocenters. The van der Waals surface area contributed by atoms with E-state index in [2.05, 4.69) is 45.9 Å². The van der Waals surface area contributed by atoms with E-state index in [-0.39, 0.29) is 41.9 Å². The molecular formula is C25H38O5. The summed E-state index contributed by atoms with van der Waals surface area (Å²) in [6, 6.07) is 0. The minimum absolute atomic E-state index is 0.0934. The number of hydrogen-bond acceptors (Lipinski definition) is 5. The van der Waals surface area contributed by atoms with Gasteiger partial charge in [-0.2, -0.15) is 0 Å². The fourth-order valence-electron chi connectivity index (χ4n) is 5.37. The van der Waals surface area contributed by atoms with Crippen molar-refractivity contribution in [3.05, 3.63) is 23.8 Å². The van der Waals surface area contributed by atoms with E-state index in [1.54, 1.807) is 0 Å². The Hall–Kier alpha value is -1.62. The van der Waals surface area contributed by atoms with Crippen LogP contribution in [0.25, 0.3) is 0 Å². The highest BCUT2D eigenvalue weighted by Crippen LogP contribution is 2.51. The van der Waals surface area contributed by atoms with Crippen molar-refractivity contribution in [2.75, 3.05) is 0 Å². The van der Waals surface area contributed by atoms with E-state index in [1.165, 1.54) is 5.57 Å². The summed E-state index contributed by atoms with van der Waals surface area (Å²) < 4.78 is 11.6. The number of aliphatic hydroxyl groups excluding tert-OH is 1. The molecule has 0 aromatic carbocycles. The zero-order valence-electron chi connectivity index (χ0n) is 19.1. The first-order valence-electron chi connectivity index (χ1n) is 11.6. The molecule has 1 saturated heterocycles. The summed E-state index contributed by atoms with van der Waals surface area (Å²) in [5.41, 5.74) is 1.11. The number of aliphatic hydroxyl groups is 1. The molecule has 0 saturated carbocycles. The van der Waals surface area contributed by atoms with Crippen molar-refractivity contribution in [2.45, 2.75) is 91.5 Å². The third-order valence-corrected chi connectivity index (χ3v) is 7.56. The minimum atomic E-state index is -0.604. The predicted octanol–water partition coefficient (Wildman–Crippen LogP) is 4.59. The number of ether oxygens (including phenoxy) is 2. The Morgan fingerprint density at radius 2 is 2.03 bits per heavy atom. The number of fused-ring (bicyclic) bond motifs is 1. The average molecular weight is 419 g/mol. The third-order valence-electron chi connectivity index (χ3n) is 7.56. The number of rotatable bonds is 6. The van der Waals surface area contributed by atoms with Crippen molar-refractivity contribution >= 4 is 11.9 Å². The molecule has 0 spiro atoms. The molecule has 1 aliphatic heterocycles. The minimum Gasteiger partial charge on any atom is -0.462 e. The van der Waals surface area contributed by atoms with Gasteiger partial charge in [0.2, 0.25) is 0 Å². The molecule has 0 aromatic heterocycles. The van der Waals surface area contributed by atoms with Crippen molar-refractivity contribution in [2.24, 2.45) is 29.1 Å². The summed E-state index contributed by atoms with van der Waals surface area (Å²) in [6.45, 7) is 10.8. The molecule has 1 heterocycles. The Kier molecular flexibility index (Phi) is 7.11. The molecule has 30 heavy (non-hydrogen) atoms. The number of carbonyl (C=O) groups excluding carboxylic acids is 2. The van der Waals surface area contributed by atoms with E-state index in [1.807, 2.05) is 6.92 Å². The summed E-state index contributed by atoms with van der Waals surface area (Å²) in [7, 11) is 0. The first-order valence-corrected chi connectivity index (χ1v) is 11.6.